The van der Waals surface area contributed by atoms with E-state index in [0.717, 1.165) is 16.9 Å². The molecule has 1 atom stereocenters. The SMILES string of the molecule is CSCc1cc(F)ccc1CNC(=O)[C@@H](C)N. The third-order valence-corrected chi connectivity index (χ3v) is 2.93. The summed E-state index contributed by atoms with van der Waals surface area (Å²) in [4.78, 5) is 11.3. The molecule has 1 aromatic rings. The second kappa shape index (κ2) is 6.61. The predicted molar refractivity (Wildman–Crippen MR) is 69.1 cm³/mol. The maximum atomic E-state index is 13.1. The average Bonchev–Trinajstić information content (AvgIpc) is 2.28. The number of halogens is 1. The second-order valence-electron chi connectivity index (χ2n) is 3.85. The van der Waals surface area contributed by atoms with Crippen LogP contribution in [0, 0.1) is 5.82 Å². The van der Waals surface area contributed by atoms with Crippen molar-refractivity contribution in [3.63, 3.8) is 0 Å². The molecule has 0 saturated carbocycles. The Hall–Kier alpha value is -1.07. The zero-order chi connectivity index (χ0) is 12.8. The Bertz CT molecular complexity index is 396. The molecular formula is C12H17FN2OS. The van der Waals surface area contributed by atoms with Crippen molar-refractivity contribution in [1.82, 2.24) is 5.32 Å². The molecular weight excluding hydrogens is 239 g/mol. The first kappa shape index (κ1) is 14.0. The van der Waals surface area contributed by atoms with Crippen LogP contribution in [0.1, 0.15) is 18.1 Å². The van der Waals surface area contributed by atoms with Crippen LogP contribution in [0.25, 0.3) is 0 Å². The lowest BCUT2D eigenvalue weighted by Gasteiger charge is -2.11. The van der Waals surface area contributed by atoms with Gasteiger partial charge in [-0.2, -0.15) is 11.8 Å². The van der Waals surface area contributed by atoms with Gasteiger partial charge >= 0.3 is 0 Å². The van der Waals surface area contributed by atoms with Crippen LogP contribution in [0.5, 0.6) is 0 Å². The number of carbonyl (C=O) groups excluding carboxylic acids is 1. The molecule has 3 N–H and O–H groups in total. The van der Waals surface area contributed by atoms with Crippen LogP contribution in [0.15, 0.2) is 18.2 Å². The molecule has 0 spiro atoms. The molecule has 1 rings (SSSR count). The zero-order valence-electron chi connectivity index (χ0n) is 10.00. The van der Waals surface area contributed by atoms with Gasteiger partial charge in [-0.25, -0.2) is 4.39 Å². The third kappa shape index (κ3) is 4.36. The number of amides is 1. The van der Waals surface area contributed by atoms with Crippen molar-refractivity contribution in [3.05, 3.63) is 35.1 Å². The van der Waals surface area contributed by atoms with Gasteiger partial charge in [0.05, 0.1) is 6.04 Å². The molecule has 0 aliphatic carbocycles. The fraction of sp³-hybridized carbons (Fsp3) is 0.417. The summed E-state index contributed by atoms with van der Waals surface area (Å²) in [6, 6.07) is 4.07. The van der Waals surface area contributed by atoms with Gasteiger partial charge in [0.2, 0.25) is 5.91 Å². The Morgan fingerprint density at radius 3 is 2.82 bits per heavy atom. The number of rotatable bonds is 5. The van der Waals surface area contributed by atoms with Crippen molar-refractivity contribution >= 4 is 17.7 Å². The lowest BCUT2D eigenvalue weighted by atomic mass is 10.1. The molecule has 0 heterocycles. The maximum absolute atomic E-state index is 13.1. The zero-order valence-corrected chi connectivity index (χ0v) is 10.8. The van der Waals surface area contributed by atoms with E-state index in [4.69, 9.17) is 5.73 Å². The van der Waals surface area contributed by atoms with Gasteiger partial charge in [-0.15, -0.1) is 0 Å². The third-order valence-electron chi connectivity index (χ3n) is 2.33. The topological polar surface area (TPSA) is 55.1 Å². The van der Waals surface area contributed by atoms with Crippen LogP contribution >= 0.6 is 11.8 Å². The molecule has 0 radical (unpaired) electrons. The summed E-state index contributed by atoms with van der Waals surface area (Å²) < 4.78 is 13.1. The smallest absolute Gasteiger partial charge is 0.236 e. The Morgan fingerprint density at radius 2 is 2.24 bits per heavy atom. The van der Waals surface area contributed by atoms with Crippen LogP contribution in [0.2, 0.25) is 0 Å². The fourth-order valence-corrected chi connectivity index (χ4v) is 1.98. The van der Waals surface area contributed by atoms with E-state index in [1.54, 1.807) is 24.8 Å². The number of nitrogens with one attached hydrogen (secondary N) is 1. The molecule has 1 aromatic carbocycles. The maximum Gasteiger partial charge on any atom is 0.236 e. The highest BCUT2D eigenvalue weighted by Crippen LogP contribution is 2.16. The molecule has 0 aliphatic heterocycles. The highest BCUT2D eigenvalue weighted by atomic mass is 32.2. The van der Waals surface area contributed by atoms with Gasteiger partial charge in [-0.1, -0.05) is 6.07 Å². The van der Waals surface area contributed by atoms with Crippen LogP contribution in [0.4, 0.5) is 4.39 Å². The second-order valence-corrected chi connectivity index (χ2v) is 4.72. The van der Waals surface area contributed by atoms with E-state index in [2.05, 4.69) is 5.32 Å². The fourth-order valence-electron chi connectivity index (χ4n) is 1.40. The molecule has 0 saturated heterocycles. The summed E-state index contributed by atoms with van der Waals surface area (Å²) in [5.41, 5.74) is 7.28. The van der Waals surface area contributed by atoms with E-state index in [0.29, 0.717) is 6.54 Å². The van der Waals surface area contributed by atoms with Crippen molar-refractivity contribution < 1.29 is 9.18 Å². The first-order valence-corrected chi connectivity index (χ1v) is 6.73. The van der Waals surface area contributed by atoms with Crippen molar-refractivity contribution in [3.8, 4) is 0 Å². The molecule has 5 heteroatoms. The average molecular weight is 256 g/mol. The molecule has 17 heavy (non-hydrogen) atoms. The highest BCUT2D eigenvalue weighted by Gasteiger charge is 2.09. The molecule has 3 nitrogen and oxygen atoms in total. The minimum absolute atomic E-state index is 0.204. The van der Waals surface area contributed by atoms with Crippen LogP contribution in [-0.4, -0.2) is 18.2 Å². The minimum atomic E-state index is -0.528. The predicted octanol–water partition coefficient (Wildman–Crippen LogP) is 1.65. The van der Waals surface area contributed by atoms with Crippen LogP contribution < -0.4 is 11.1 Å². The van der Waals surface area contributed by atoms with Gasteiger partial charge in [-0.3, -0.25) is 4.79 Å². The molecule has 94 valence electrons. The number of nitrogens with two attached hydrogens (primary N) is 1. The van der Waals surface area contributed by atoms with Gasteiger partial charge in [0.15, 0.2) is 0 Å². The molecule has 0 fully saturated rings. The lowest BCUT2D eigenvalue weighted by Crippen LogP contribution is -2.37. The van der Waals surface area contributed by atoms with Crippen LogP contribution in [0.3, 0.4) is 0 Å². The monoisotopic (exact) mass is 256 g/mol. The van der Waals surface area contributed by atoms with Gasteiger partial charge < -0.3 is 11.1 Å². The quantitative estimate of drug-likeness (QED) is 0.842. The first-order valence-electron chi connectivity index (χ1n) is 5.34. The summed E-state index contributed by atoms with van der Waals surface area (Å²) >= 11 is 1.61. The first-order chi connectivity index (χ1) is 8.04. The highest BCUT2D eigenvalue weighted by molar-refractivity contribution is 7.97. The molecule has 0 aromatic heterocycles. The Balaban J connectivity index is 2.72. The molecule has 0 unspecified atom stereocenters. The number of benzene rings is 1. The van der Waals surface area contributed by atoms with Crippen molar-refractivity contribution in [2.75, 3.05) is 6.26 Å². The normalized spacial score (nSPS) is 12.2. The van der Waals surface area contributed by atoms with Crippen LogP contribution in [-0.2, 0) is 17.1 Å². The van der Waals surface area contributed by atoms with Gasteiger partial charge in [0.1, 0.15) is 5.82 Å². The van der Waals surface area contributed by atoms with E-state index in [1.807, 2.05) is 6.26 Å². The van der Waals surface area contributed by atoms with E-state index in [1.165, 1.54) is 12.1 Å². The number of hydrogen-bond donors (Lipinski definition) is 2. The Morgan fingerprint density at radius 1 is 1.53 bits per heavy atom. The van der Waals surface area contributed by atoms with Crippen molar-refractivity contribution in [1.29, 1.82) is 0 Å². The van der Waals surface area contributed by atoms with Gasteiger partial charge in [-0.05, 0) is 36.4 Å². The summed E-state index contributed by atoms with van der Waals surface area (Å²) in [6.45, 7) is 2.01. The molecule has 0 aliphatic rings. The minimum Gasteiger partial charge on any atom is -0.351 e. The van der Waals surface area contributed by atoms with Gasteiger partial charge in [0, 0.05) is 12.3 Å². The van der Waals surface area contributed by atoms with E-state index >= 15 is 0 Å². The Labute approximate surface area is 105 Å². The summed E-state index contributed by atoms with van der Waals surface area (Å²) in [5.74, 6) is 0.266. The summed E-state index contributed by atoms with van der Waals surface area (Å²) in [7, 11) is 0. The summed E-state index contributed by atoms with van der Waals surface area (Å²) in [5, 5.41) is 2.72. The Kier molecular flexibility index (Phi) is 5.44. The van der Waals surface area contributed by atoms with E-state index in [-0.39, 0.29) is 11.7 Å². The molecule has 1 amide bonds. The summed E-state index contributed by atoms with van der Waals surface area (Å²) in [6.07, 6.45) is 1.95. The van der Waals surface area contributed by atoms with Gasteiger partial charge in [0.25, 0.3) is 0 Å². The van der Waals surface area contributed by atoms with Crippen molar-refractivity contribution in [2.24, 2.45) is 5.73 Å². The standard InChI is InChI=1S/C12H17FN2OS/c1-8(14)12(16)15-6-9-3-4-11(13)5-10(9)7-17-2/h3-5,8H,6-7,14H2,1-2H3,(H,15,16)/t8-/m1/s1. The number of carbonyl (C=O) groups is 1. The van der Waals surface area contributed by atoms with Crippen molar-refractivity contribution in [2.45, 2.75) is 25.3 Å². The largest absolute Gasteiger partial charge is 0.351 e. The number of thioether (sulfide) groups is 1. The number of hydrogen-bond acceptors (Lipinski definition) is 3. The van der Waals surface area contributed by atoms with E-state index in [9.17, 15) is 9.18 Å². The lowest BCUT2D eigenvalue weighted by molar-refractivity contribution is -0.122. The van der Waals surface area contributed by atoms with E-state index < -0.39 is 6.04 Å². The molecule has 0 bridgehead atoms.